The summed E-state index contributed by atoms with van der Waals surface area (Å²) in [7, 11) is 1.63. The van der Waals surface area contributed by atoms with Gasteiger partial charge in [0.15, 0.2) is 10.2 Å². The molecule has 0 spiro atoms. The second kappa shape index (κ2) is 10.8. The van der Waals surface area contributed by atoms with E-state index in [0.29, 0.717) is 10.2 Å². The average molecular weight is 393 g/mol. The molecule has 2 rings (SSSR count). The molecular formula is C17H20N4OS3. The van der Waals surface area contributed by atoms with Crippen molar-refractivity contribution in [2.75, 3.05) is 24.7 Å². The van der Waals surface area contributed by atoms with Gasteiger partial charge in [-0.2, -0.15) is 0 Å². The van der Waals surface area contributed by atoms with Crippen LogP contribution in [-0.2, 0) is 0 Å². The van der Waals surface area contributed by atoms with Crippen LogP contribution in [0, 0.1) is 0 Å². The molecule has 0 aliphatic rings. The Balaban J connectivity index is 1.59. The maximum absolute atomic E-state index is 5.21. The van der Waals surface area contributed by atoms with E-state index in [1.165, 1.54) is 4.90 Å². The Hall–Kier alpha value is -2.03. The minimum atomic E-state index is 0.424. The van der Waals surface area contributed by atoms with E-state index in [4.69, 9.17) is 29.2 Å². The van der Waals surface area contributed by atoms with Gasteiger partial charge in [0.05, 0.1) is 7.11 Å². The van der Waals surface area contributed by atoms with Gasteiger partial charge in [-0.1, -0.05) is 18.2 Å². The van der Waals surface area contributed by atoms with E-state index in [-0.39, 0.29) is 0 Å². The average Bonchev–Trinajstić information content (AvgIpc) is 2.65. The molecular weight excluding hydrogens is 372 g/mol. The van der Waals surface area contributed by atoms with Gasteiger partial charge in [0, 0.05) is 22.9 Å². The van der Waals surface area contributed by atoms with Crippen molar-refractivity contribution in [1.29, 1.82) is 0 Å². The molecule has 0 saturated carbocycles. The van der Waals surface area contributed by atoms with Crippen molar-refractivity contribution in [3.63, 3.8) is 0 Å². The molecule has 0 atom stereocenters. The lowest BCUT2D eigenvalue weighted by molar-refractivity contribution is 0.415. The number of rotatable bonds is 6. The molecule has 0 fully saturated rings. The van der Waals surface area contributed by atoms with Crippen LogP contribution in [0.15, 0.2) is 59.5 Å². The zero-order valence-electron chi connectivity index (χ0n) is 13.7. The van der Waals surface area contributed by atoms with Crippen molar-refractivity contribution in [2.45, 2.75) is 4.90 Å². The second-order valence-electron chi connectivity index (χ2n) is 4.85. The first kappa shape index (κ1) is 19.3. The maximum Gasteiger partial charge on any atom is 0.189 e. The molecule has 5 nitrogen and oxygen atoms in total. The predicted molar refractivity (Wildman–Crippen MR) is 113 cm³/mol. The number of thioether (sulfide) groups is 1. The minimum absolute atomic E-state index is 0.424. The summed E-state index contributed by atoms with van der Waals surface area (Å²) in [5.74, 6) is 1.71. The molecule has 0 unspecified atom stereocenters. The zero-order chi connectivity index (χ0) is 17.9. The smallest absolute Gasteiger partial charge is 0.189 e. The summed E-state index contributed by atoms with van der Waals surface area (Å²) in [6.45, 7) is 0.756. The van der Waals surface area contributed by atoms with Gasteiger partial charge in [-0.3, -0.25) is 10.9 Å². The molecule has 0 radical (unpaired) electrons. The summed E-state index contributed by atoms with van der Waals surface area (Å²) in [5, 5.41) is 7.09. The maximum atomic E-state index is 5.21. The monoisotopic (exact) mass is 392 g/mol. The van der Waals surface area contributed by atoms with E-state index in [1.807, 2.05) is 42.5 Å². The topological polar surface area (TPSA) is 57.4 Å². The molecule has 8 heteroatoms. The number of hydrogen-bond acceptors (Lipinski definition) is 4. The predicted octanol–water partition coefficient (Wildman–Crippen LogP) is 3.15. The van der Waals surface area contributed by atoms with E-state index in [1.54, 1.807) is 18.9 Å². The van der Waals surface area contributed by atoms with E-state index in [0.717, 1.165) is 23.7 Å². The lowest BCUT2D eigenvalue weighted by atomic mass is 10.3. The summed E-state index contributed by atoms with van der Waals surface area (Å²) in [4.78, 5) is 1.24. The second-order valence-corrected chi connectivity index (χ2v) is 6.83. The number of ether oxygens (including phenoxy) is 1. The summed E-state index contributed by atoms with van der Waals surface area (Å²) >= 11 is 12.2. The highest BCUT2D eigenvalue weighted by Crippen LogP contribution is 2.16. The number of thiocarbonyl (C=S) groups is 2. The fraction of sp³-hybridized carbons (Fsp3) is 0.176. The first-order valence-corrected chi connectivity index (χ1v) is 9.40. The van der Waals surface area contributed by atoms with Crippen molar-refractivity contribution >= 4 is 52.1 Å². The van der Waals surface area contributed by atoms with Crippen LogP contribution in [0.2, 0.25) is 0 Å². The third kappa shape index (κ3) is 7.59. The Bertz CT molecular complexity index is 680. The summed E-state index contributed by atoms with van der Waals surface area (Å²) in [6, 6.07) is 17.7. The fourth-order valence-corrected chi connectivity index (χ4v) is 2.96. The SMILES string of the molecule is COc1ccc(NC(=S)NNC(=S)NCCSc2ccccc2)cc1. The quantitative estimate of drug-likeness (QED) is 0.259. The van der Waals surface area contributed by atoms with Crippen LogP contribution < -0.4 is 26.2 Å². The highest BCUT2D eigenvalue weighted by Gasteiger charge is 2.00. The van der Waals surface area contributed by atoms with E-state index >= 15 is 0 Å². The van der Waals surface area contributed by atoms with Gasteiger partial charge in [0.2, 0.25) is 0 Å². The number of hydrogen-bond donors (Lipinski definition) is 4. The zero-order valence-corrected chi connectivity index (χ0v) is 16.2. The standard InChI is InChI=1S/C17H20N4OS3/c1-22-14-9-7-13(8-10-14)19-17(24)21-20-16(23)18-11-12-25-15-5-3-2-4-6-15/h2-10H,11-12H2,1H3,(H2,18,20,23)(H2,19,21,24). The normalized spacial score (nSPS) is 9.80. The van der Waals surface area contributed by atoms with E-state index in [2.05, 4.69) is 33.6 Å². The van der Waals surface area contributed by atoms with Gasteiger partial charge >= 0.3 is 0 Å². The van der Waals surface area contributed by atoms with Crippen LogP contribution >= 0.6 is 36.2 Å². The number of nitrogens with one attached hydrogen (secondary N) is 4. The molecule has 2 aromatic rings. The largest absolute Gasteiger partial charge is 0.497 e. The molecule has 0 aliphatic heterocycles. The van der Waals surface area contributed by atoms with Crippen LogP contribution in [-0.4, -0.2) is 29.6 Å². The Morgan fingerprint density at radius 1 is 0.960 bits per heavy atom. The first-order chi connectivity index (χ1) is 12.2. The molecule has 0 aliphatic carbocycles. The van der Waals surface area contributed by atoms with Gasteiger partial charge in [-0.25, -0.2) is 0 Å². The van der Waals surface area contributed by atoms with Crippen LogP contribution in [0.25, 0.3) is 0 Å². The van der Waals surface area contributed by atoms with E-state index < -0.39 is 0 Å². The van der Waals surface area contributed by atoms with Gasteiger partial charge in [0.25, 0.3) is 0 Å². The third-order valence-electron chi connectivity index (χ3n) is 3.04. The van der Waals surface area contributed by atoms with E-state index in [9.17, 15) is 0 Å². The van der Waals surface area contributed by atoms with Crippen molar-refractivity contribution in [1.82, 2.24) is 16.2 Å². The van der Waals surface area contributed by atoms with Crippen LogP contribution in [0.3, 0.4) is 0 Å². The van der Waals surface area contributed by atoms with Crippen molar-refractivity contribution in [2.24, 2.45) is 0 Å². The lowest BCUT2D eigenvalue weighted by Crippen LogP contribution is -2.48. The minimum Gasteiger partial charge on any atom is -0.497 e. The Morgan fingerprint density at radius 2 is 1.64 bits per heavy atom. The van der Waals surface area contributed by atoms with Crippen molar-refractivity contribution < 1.29 is 4.74 Å². The number of methoxy groups -OCH3 is 1. The molecule has 0 aromatic heterocycles. The highest BCUT2D eigenvalue weighted by atomic mass is 32.2. The van der Waals surface area contributed by atoms with Gasteiger partial charge in [0.1, 0.15) is 5.75 Å². The van der Waals surface area contributed by atoms with Crippen LogP contribution in [0.4, 0.5) is 5.69 Å². The van der Waals surface area contributed by atoms with Gasteiger partial charge in [-0.05, 0) is 60.8 Å². The van der Waals surface area contributed by atoms with Crippen LogP contribution in [0.5, 0.6) is 5.75 Å². The summed E-state index contributed by atoms with van der Waals surface area (Å²) in [6.07, 6.45) is 0. The third-order valence-corrected chi connectivity index (χ3v) is 4.50. The van der Waals surface area contributed by atoms with Crippen LogP contribution in [0.1, 0.15) is 0 Å². The molecule has 4 N–H and O–H groups in total. The van der Waals surface area contributed by atoms with Gasteiger partial charge in [-0.15, -0.1) is 11.8 Å². The highest BCUT2D eigenvalue weighted by molar-refractivity contribution is 7.99. The van der Waals surface area contributed by atoms with Crippen molar-refractivity contribution in [3.8, 4) is 5.75 Å². The first-order valence-electron chi connectivity index (χ1n) is 7.60. The molecule has 132 valence electrons. The fourth-order valence-electron chi connectivity index (χ4n) is 1.84. The molecule has 0 heterocycles. The summed E-state index contributed by atoms with van der Waals surface area (Å²) < 4.78 is 5.11. The number of hydrazine groups is 1. The van der Waals surface area contributed by atoms with Gasteiger partial charge < -0.3 is 15.4 Å². The lowest BCUT2D eigenvalue weighted by Gasteiger charge is -2.14. The molecule has 0 bridgehead atoms. The number of anilines is 1. The molecule has 0 saturated heterocycles. The Morgan fingerprint density at radius 3 is 2.32 bits per heavy atom. The Kier molecular flexibility index (Phi) is 8.30. The Labute approximate surface area is 162 Å². The molecule has 0 amide bonds. The number of benzene rings is 2. The molecule has 2 aromatic carbocycles. The molecule has 25 heavy (non-hydrogen) atoms. The van der Waals surface area contributed by atoms with Crippen molar-refractivity contribution in [3.05, 3.63) is 54.6 Å². The summed E-state index contributed by atoms with van der Waals surface area (Å²) in [5.41, 5.74) is 6.56.